The van der Waals surface area contributed by atoms with E-state index >= 15 is 0 Å². The highest BCUT2D eigenvalue weighted by molar-refractivity contribution is 6.00. The Morgan fingerprint density at radius 2 is 2.11 bits per heavy atom. The molecule has 0 radical (unpaired) electrons. The van der Waals surface area contributed by atoms with Gasteiger partial charge in [0.2, 0.25) is 0 Å². The van der Waals surface area contributed by atoms with Crippen LogP contribution < -0.4 is 4.74 Å². The average Bonchev–Trinajstić information content (AvgIpc) is 2.48. The minimum absolute atomic E-state index is 0.0496. The lowest BCUT2D eigenvalue weighted by atomic mass is 10.0. The van der Waals surface area contributed by atoms with Crippen molar-refractivity contribution in [3.8, 4) is 5.75 Å². The highest BCUT2D eigenvalue weighted by atomic mass is 16.5. The summed E-state index contributed by atoms with van der Waals surface area (Å²) in [6.07, 6.45) is 2.91. The smallest absolute Gasteiger partial charge is 0.154 e. The van der Waals surface area contributed by atoms with Crippen molar-refractivity contribution in [2.24, 2.45) is 0 Å². The van der Waals surface area contributed by atoms with Crippen molar-refractivity contribution in [3.05, 3.63) is 42.0 Å². The van der Waals surface area contributed by atoms with Crippen molar-refractivity contribution in [1.29, 1.82) is 0 Å². The molecule has 3 nitrogen and oxygen atoms in total. The van der Waals surface area contributed by atoms with E-state index in [0.29, 0.717) is 17.9 Å². The minimum atomic E-state index is 0.0496. The highest BCUT2D eigenvalue weighted by Crippen LogP contribution is 2.28. The predicted molar refractivity (Wildman–Crippen MR) is 73.8 cm³/mol. The fourth-order valence-corrected chi connectivity index (χ4v) is 2.48. The predicted octanol–water partition coefficient (Wildman–Crippen LogP) is 3.21. The molecule has 0 amide bonds. The third-order valence-corrected chi connectivity index (χ3v) is 3.46. The van der Waals surface area contributed by atoms with Crippen molar-refractivity contribution in [1.82, 2.24) is 0 Å². The van der Waals surface area contributed by atoms with Gasteiger partial charge in [0.25, 0.3) is 0 Å². The molecule has 2 aromatic carbocycles. The van der Waals surface area contributed by atoms with Gasteiger partial charge in [-0.05, 0) is 29.7 Å². The van der Waals surface area contributed by atoms with Gasteiger partial charge in [-0.3, -0.25) is 4.79 Å². The minimum Gasteiger partial charge on any atom is -0.487 e. The molecule has 19 heavy (non-hydrogen) atoms. The number of hydrogen-bond donors (Lipinski definition) is 0. The van der Waals surface area contributed by atoms with Crippen molar-refractivity contribution < 1.29 is 14.3 Å². The molecule has 1 atom stereocenters. The lowest BCUT2D eigenvalue weighted by Crippen LogP contribution is -2.28. The number of carbonyl (C=O) groups is 1. The van der Waals surface area contributed by atoms with Crippen LogP contribution in [0.3, 0.4) is 0 Å². The van der Waals surface area contributed by atoms with Crippen molar-refractivity contribution in [3.63, 3.8) is 0 Å². The first-order valence-electron chi connectivity index (χ1n) is 6.60. The first-order valence-corrected chi connectivity index (χ1v) is 6.60. The molecular weight excluding hydrogens is 240 g/mol. The first kappa shape index (κ1) is 12.2. The monoisotopic (exact) mass is 256 g/mol. The van der Waals surface area contributed by atoms with Gasteiger partial charge >= 0.3 is 0 Å². The Bertz CT molecular complexity index is 586. The summed E-state index contributed by atoms with van der Waals surface area (Å²) in [4.78, 5) is 11.4. The molecule has 0 N–H and O–H groups in total. The summed E-state index contributed by atoms with van der Waals surface area (Å²) >= 11 is 0. The van der Waals surface area contributed by atoms with Gasteiger partial charge < -0.3 is 9.47 Å². The number of carbonyl (C=O) groups excluding carboxylic acids is 1. The zero-order valence-corrected chi connectivity index (χ0v) is 10.7. The SMILES string of the molecule is O=Cc1c(OC2CCCOC2)ccc2ccccc12. The van der Waals surface area contributed by atoms with Gasteiger partial charge in [-0.25, -0.2) is 0 Å². The number of aldehydes is 1. The molecule has 1 saturated heterocycles. The maximum Gasteiger partial charge on any atom is 0.154 e. The van der Waals surface area contributed by atoms with E-state index in [2.05, 4.69) is 0 Å². The molecule has 1 heterocycles. The van der Waals surface area contributed by atoms with E-state index in [4.69, 9.17) is 9.47 Å². The van der Waals surface area contributed by atoms with Gasteiger partial charge in [0, 0.05) is 6.61 Å². The molecule has 1 unspecified atom stereocenters. The Balaban J connectivity index is 1.96. The summed E-state index contributed by atoms with van der Waals surface area (Å²) < 4.78 is 11.3. The van der Waals surface area contributed by atoms with Crippen LogP contribution in [0.1, 0.15) is 23.2 Å². The first-order chi connectivity index (χ1) is 9.38. The van der Waals surface area contributed by atoms with E-state index in [1.54, 1.807) is 0 Å². The van der Waals surface area contributed by atoms with Crippen molar-refractivity contribution in [2.75, 3.05) is 13.2 Å². The molecule has 1 aliphatic heterocycles. The molecular formula is C16H16O3. The van der Waals surface area contributed by atoms with E-state index in [1.165, 1.54) is 0 Å². The second-order valence-electron chi connectivity index (χ2n) is 4.77. The molecule has 0 bridgehead atoms. The molecule has 0 aromatic heterocycles. The lowest BCUT2D eigenvalue weighted by Gasteiger charge is -2.24. The summed E-state index contributed by atoms with van der Waals surface area (Å²) in [5.74, 6) is 0.657. The topological polar surface area (TPSA) is 35.5 Å². The fraction of sp³-hybridized carbons (Fsp3) is 0.312. The number of fused-ring (bicyclic) bond motifs is 1. The van der Waals surface area contributed by atoms with Gasteiger partial charge in [0.05, 0.1) is 12.2 Å². The van der Waals surface area contributed by atoms with Crippen LogP contribution in [0.25, 0.3) is 10.8 Å². The van der Waals surface area contributed by atoms with Crippen LogP contribution in [0.2, 0.25) is 0 Å². The summed E-state index contributed by atoms with van der Waals surface area (Å²) in [6.45, 7) is 1.41. The second kappa shape index (κ2) is 5.41. The largest absolute Gasteiger partial charge is 0.487 e. The number of benzene rings is 2. The van der Waals surface area contributed by atoms with Crippen LogP contribution >= 0.6 is 0 Å². The zero-order chi connectivity index (χ0) is 13.1. The van der Waals surface area contributed by atoms with Crippen LogP contribution in [-0.4, -0.2) is 25.6 Å². The molecule has 0 saturated carbocycles. The number of ether oxygens (including phenoxy) is 2. The summed E-state index contributed by atoms with van der Waals surface area (Å²) in [5, 5.41) is 1.99. The van der Waals surface area contributed by atoms with Crippen LogP contribution in [-0.2, 0) is 4.74 Å². The molecule has 3 heteroatoms. The van der Waals surface area contributed by atoms with E-state index in [1.807, 2.05) is 36.4 Å². The second-order valence-corrected chi connectivity index (χ2v) is 4.77. The van der Waals surface area contributed by atoms with E-state index in [0.717, 1.165) is 36.5 Å². The Hall–Kier alpha value is -1.87. The third kappa shape index (κ3) is 2.47. The van der Waals surface area contributed by atoms with Crippen molar-refractivity contribution >= 4 is 17.1 Å². The van der Waals surface area contributed by atoms with Gasteiger partial charge in [-0.15, -0.1) is 0 Å². The third-order valence-electron chi connectivity index (χ3n) is 3.46. The highest BCUT2D eigenvalue weighted by Gasteiger charge is 2.17. The Morgan fingerprint density at radius 3 is 2.89 bits per heavy atom. The van der Waals surface area contributed by atoms with Gasteiger partial charge in [0.15, 0.2) is 6.29 Å². The van der Waals surface area contributed by atoms with E-state index in [9.17, 15) is 4.79 Å². The fourth-order valence-electron chi connectivity index (χ4n) is 2.48. The average molecular weight is 256 g/mol. The Labute approximate surface area is 112 Å². The number of rotatable bonds is 3. The molecule has 1 fully saturated rings. The molecule has 98 valence electrons. The molecule has 0 aliphatic carbocycles. The number of hydrogen-bond acceptors (Lipinski definition) is 3. The summed E-state index contributed by atoms with van der Waals surface area (Å²) in [5.41, 5.74) is 0.628. The quantitative estimate of drug-likeness (QED) is 0.791. The lowest BCUT2D eigenvalue weighted by molar-refractivity contribution is 0.00726. The van der Waals surface area contributed by atoms with Crippen LogP contribution in [0, 0.1) is 0 Å². The van der Waals surface area contributed by atoms with Crippen molar-refractivity contribution in [2.45, 2.75) is 18.9 Å². The summed E-state index contributed by atoms with van der Waals surface area (Å²) in [6, 6.07) is 11.7. The summed E-state index contributed by atoms with van der Waals surface area (Å²) in [7, 11) is 0. The molecule has 0 spiro atoms. The Kier molecular flexibility index (Phi) is 3.47. The van der Waals surface area contributed by atoms with Gasteiger partial charge in [0.1, 0.15) is 11.9 Å². The maximum atomic E-state index is 11.4. The van der Waals surface area contributed by atoms with E-state index in [-0.39, 0.29) is 6.10 Å². The molecule has 1 aliphatic rings. The van der Waals surface area contributed by atoms with E-state index < -0.39 is 0 Å². The van der Waals surface area contributed by atoms with Crippen LogP contribution in [0.15, 0.2) is 36.4 Å². The van der Waals surface area contributed by atoms with Gasteiger partial charge in [-0.2, -0.15) is 0 Å². The normalized spacial score (nSPS) is 19.3. The standard InChI is InChI=1S/C16H16O3/c17-10-15-14-6-2-1-4-12(14)7-8-16(15)19-13-5-3-9-18-11-13/h1-2,4,6-8,10,13H,3,5,9,11H2. The Morgan fingerprint density at radius 1 is 1.21 bits per heavy atom. The maximum absolute atomic E-state index is 11.4. The molecule has 3 rings (SSSR count). The molecule has 2 aromatic rings. The van der Waals surface area contributed by atoms with Crippen LogP contribution in [0.5, 0.6) is 5.75 Å². The van der Waals surface area contributed by atoms with Crippen LogP contribution in [0.4, 0.5) is 0 Å². The van der Waals surface area contributed by atoms with Gasteiger partial charge in [-0.1, -0.05) is 30.3 Å². The zero-order valence-electron chi connectivity index (χ0n) is 10.7.